The lowest BCUT2D eigenvalue weighted by molar-refractivity contribution is -0.140. The molecule has 1 saturated heterocycles. The maximum absolute atomic E-state index is 13.6. The van der Waals surface area contributed by atoms with Gasteiger partial charge in [-0.25, -0.2) is 4.39 Å². The van der Waals surface area contributed by atoms with Gasteiger partial charge in [-0.05, 0) is 49.3 Å². The van der Waals surface area contributed by atoms with Gasteiger partial charge in [-0.2, -0.15) is 13.2 Å². The first-order valence-corrected chi connectivity index (χ1v) is 8.25. The minimum atomic E-state index is -4.64. The van der Waals surface area contributed by atoms with Crippen LogP contribution >= 0.6 is 0 Å². The monoisotopic (exact) mass is 328 g/mol. The highest BCUT2D eigenvalue weighted by molar-refractivity contribution is 5.36. The lowest BCUT2D eigenvalue weighted by Crippen LogP contribution is -2.60. The average molecular weight is 328 g/mol. The van der Waals surface area contributed by atoms with Crippen LogP contribution in [0.5, 0.6) is 0 Å². The lowest BCUT2D eigenvalue weighted by atomic mass is 9.96. The van der Waals surface area contributed by atoms with Gasteiger partial charge in [0.1, 0.15) is 5.82 Å². The minimum Gasteiger partial charge on any atom is -0.314 e. The molecule has 6 heteroatoms. The van der Waals surface area contributed by atoms with Gasteiger partial charge < -0.3 is 5.32 Å². The zero-order valence-corrected chi connectivity index (χ0v) is 12.8. The van der Waals surface area contributed by atoms with Crippen molar-refractivity contribution in [2.24, 2.45) is 5.92 Å². The first kappa shape index (κ1) is 15.4. The molecular weight excluding hydrogens is 308 g/mol. The van der Waals surface area contributed by atoms with Gasteiger partial charge in [0.15, 0.2) is 0 Å². The molecule has 0 aromatic heterocycles. The molecule has 4 rings (SSSR count). The Balaban J connectivity index is 1.67. The highest BCUT2D eigenvalue weighted by atomic mass is 19.4. The van der Waals surface area contributed by atoms with Gasteiger partial charge in [0.25, 0.3) is 0 Å². The molecule has 3 fully saturated rings. The summed E-state index contributed by atoms with van der Waals surface area (Å²) < 4.78 is 52.7. The molecule has 23 heavy (non-hydrogen) atoms. The van der Waals surface area contributed by atoms with Crippen LogP contribution < -0.4 is 5.32 Å². The van der Waals surface area contributed by atoms with Crippen LogP contribution in [0.2, 0.25) is 0 Å². The van der Waals surface area contributed by atoms with Crippen molar-refractivity contribution in [1.82, 2.24) is 10.2 Å². The van der Waals surface area contributed by atoms with Crippen LogP contribution in [0.4, 0.5) is 17.6 Å². The van der Waals surface area contributed by atoms with Gasteiger partial charge >= 0.3 is 6.18 Å². The molecule has 126 valence electrons. The van der Waals surface area contributed by atoms with Gasteiger partial charge in [0.05, 0.1) is 5.56 Å². The van der Waals surface area contributed by atoms with E-state index in [1.807, 2.05) is 0 Å². The number of rotatable bonds is 5. The summed E-state index contributed by atoms with van der Waals surface area (Å²) in [5, 5.41) is 3.25. The van der Waals surface area contributed by atoms with Crippen molar-refractivity contribution in [1.29, 1.82) is 0 Å². The molecular formula is C17H20F4N2. The van der Waals surface area contributed by atoms with Crippen LogP contribution in [-0.4, -0.2) is 30.6 Å². The van der Waals surface area contributed by atoms with Crippen molar-refractivity contribution >= 4 is 0 Å². The Morgan fingerprint density at radius 1 is 1.17 bits per heavy atom. The summed E-state index contributed by atoms with van der Waals surface area (Å²) in [6.07, 6.45) is -0.498. The van der Waals surface area contributed by atoms with Gasteiger partial charge in [-0.15, -0.1) is 0 Å². The Morgan fingerprint density at radius 3 is 2.35 bits per heavy atom. The van der Waals surface area contributed by atoms with E-state index in [1.165, 1.54) is 12.8 Å². The van der Waals surface area contributed by atoms with Crippen molar-refractivity contribution in [3.8, 4) is 0 Å². The standard InChI is InChI=1S/C17H20F4N2/c18-15-4-3-12(7-14(15)17(19,20)21)16(5-6-16)23(10-11-1-2-11)13-8-22-9-13/h3-4,7,11,13,22H,1-2,5-6,8-10H2. The van der Waals surface area contributed by atoms with Crippen LogP contribution in [0.15, 0.2) is 18.2 Å². The van der Waals surface area contributed by atoms with Crippen molar-refractivity contribution in [2.75, 3.05) is 19.6 Å². The van der Waals surface area contributed by atoms with Gasteiger partial charge in [-0.3, -0.25) is 4.90 Å². The van der Waals surface area contributed by atoms with E-state index in [0.29, 0.717) is 17.5 Å². The Bertz CT molecular complexity index is 601. The average Bonchev–Trinajstić information content (AvgIpc) is 3.30. The zero-order valence-electron chi connectivity index (χ0n) is 12.8. The van der Waals surface area contributed by atoms with E-state index in [2.05, 4.69) is 10.2 Å². The number of hydrogen-bond acceptors (Lipinski definition) is 2. The number of hydrogen-bond donors (Lipinski definition) is 1. The first-order chi connectivity index (χ1) is 10.9. The zero-order chi connectivity index (χ0) is 16.2. The molecule has 1 aromatic carbocycles. The molecule has 2 saturated carbocycles. The minimum absolute atomic E-state index is 0.316. The topological polar surface area (TPSA) is 15.3 Å². The Kier molecular flexibility index (Phi) is 3.47. The number of nitrogens with one attached hydrogen (secondary N) is 1. The van der Waals surface area contributed by atoms with Gasteiger partial charge in [0, 0.05) is 31.2 Å². The smallest absolute Gasteiger partial charge is 0.314 e. The predicted octanol–water partition coefficient (Wildman–Crippen LogP) is 3.52. The third-order valence-corrected chi connectivity index (χ3v) is 5.44. The quantitative estimate of drug-likeness (QED) is 0.832. The van der Waals surface area contributed by atoms with E-state index in [0.717, 1.165) is 44.6 Å². The summed E-state index contributed by atoms with van der Waals surface area (Å²) in [6, 6.07) is 3.95. The van der Waals surface area contributed by atoms with Crippen molar-refractivity contribution in [3.05, 3.63) is 35.1 Å². The highest BCUT2D eigenvalue weighted by Gasteiger charge is 2.54. The molecule has 2 nitrogen and oxygen atoms in total. The fourth-order valence-electron chi connectivity index (χ4n) is 3.64. The fourth-order valence-corrected chi connectivity index (χ4v) is 3.64. The summed E-state index contributed by atoms with van der Waals surface area (Å²) in [4.78, 5) is 2.40. The molecule has 0 atom stereocenters. The Morgan fingerprint density at radius 2 is 1.87 bits per heavy atom. The lowest BCUT2D eigenvalue weighted by Gasteiger charge is -2.44. The summed E-state index contributed by atoms with van der Waals surface area (Å²) in [5.74, 6) is -0.508. The van der Waals surface area contributed by atoms with E-state index < -0.39 is 17.6 Å². The molecule has 1 aliphatic heterocycles. The van der Waals surface area contributed by atoms with E-state index in [1.54, 1.807) is 6.07 Å². The van der Waals surface area contributed by atoms with E-state index in [-0.39, 0.29) is 5.54 Å². The van der Waals surface area contributed by atoms with E-state index in [9.17, 15) is 17.6 Å². The normalized spacial score (nSPS) is 23.9. The Hall–Kier alpha value is -1.14. The molecule has 0 spiro atoms. The number of nitrogens with zero attached hydrogens (tertiary/aromatic N) is 1. The summed E-state index contributed by atoms with van der Waals surface area (Å²) in [7, 11) is 0. The largest absolute Gasteiger partial charge is 0.419 e. The van der Waals surface area contributed by atoms with Gasteiger partial charge in [-0.1, -0.05) is 6.07 Å². The summed E-state index contributed by atoms with van der Waals surface area (Å²) in [5.41, 5.74) is -0.832. The molecule has 1 N–H and O–H groups in total. The van der Waals surface area contributed by atoms with Crippen LogP contribution in [0.1, 0.15) is 36.8 Å². The molecule has 1 heterocycles. The van der Waals surface area contributed by atoms with Crippen LogP contribution in [0.25, 0.3) is 0 Å². The molecule has 2 aliphatic carbocycles. The maximum Gasteiger partial charge on any atom is 0.419 e. The van der Waals surface area contributed by atoms with Crippen LogP contribution in [-0.2, 0) is 11.7 Å². The number of halogens is 4. The Labute approximate surface area is 132 Å². The fraction of sp³-hybridized carbons (Fsp3) is 0.647. The maximum atomic E-state index is 13.6. The van der Waals surface area contributed by atoms with Crippen molar-refractivity contribution < 1.29 is 17.6 Å². The summed E-state index contributed by atoms with van der Waals surface area (Å²) in [6.45, 7) is 2.73. The predicted molar refractivity (Wildman–Crippen MR) is 78.4 cm³/mol. The highest BCUT2D eigenvalue weighted by Crippen LogP contribution is 2.54. The van der Waals surface area contributed by atoms with Crippen LogP contribution in [0, 0.1) is 11.7 Å². The molecule has 3 aliphatic rings. The second kappa shape index (κ2) is 5.18. The number of benzene rings is 1. The molecule has 0 radical (unpaired) electrons. The molecule has 1 aromatic rings. The van der Waals surface area contributed by atoms with Crippen molar-refractivity contribution in [3.63, 3.8) is 0 Å². The first-order valence-electron chi connectivity index (χ1n) is 8.25. The van der Waals surface area contributed by atoms with Gasteiger partial charge in [0.2, 0.25) is 0 Å². The van der Waals surface area contributed by atoms with E-state index >= 15 is 0 Å². The van der Waals surface area contributed by atoms with E-state index in [4.69, 9.17) is 0 Å². The third kappa shape index (κ3) is 2.76. The second-order valence-corrected chi connectivity index (χ2v) is 7.13. The number of alkyl halides is 3. The molecule has 0 amide bonds. The molecule has 0 bridgehead atoms. The van der Waals surface area contributed by atoms with Crippen molar-refractivity contribution in [2.45, 2.75) is 43.4 Å². The van der Waals surface area contributed by atoms with Crippen LogP contribution in [0.3, 0.4) is 0 Å². The molecule has 0 unspecified atom stereocenters. The second-order valence-electron chi connectivity index (χ2n) is 7.13. The SMILES string of the molecule is Fc1ccc(C2(N(CC3CC3)C3CNC3)CC2)cc1C(F)(F)F. The summed E-state index contributed by atoms with van der Waals surface area (Å²) >= 11 is 0. The third-order valence-electron chi connectivity index (χ3n) is 5.44.